The van der Waals surface area contributed by atoms with Gasteiger partial charge in [-0.2, -0.15) is 0 Å². The molecule has 1 unspecified atom stereocenters. The molecule has 1 N–H and O–H groups in total. The summed E-state index contributed by atoms with van der Waals surface area (Å²) in [6.07, 6.45) is 2.13. The topological polar surface area (TPSA) is 49.9 Å². The van der Waals surface area contributed by atoms with Gasteiger partial charge in [-0.1, -0.05) is 0 Å². The Balaban J connectivity index is 2.03. The van der Waals surface area contributed by atoms with Gasteiger partial charge < -0.3 is 14.5 Å². The van der Waals surface area contributed by atoms with Crippen LogP contribution in [0.2, 0.25) is 0 Å². The lowest BCUT2D eigenvalue weighted by Gasteiger charge is -2.03. The summed E-state index contributed by atoms with van der Waals surface area (Å²) in [5, 5.41) is 0. The van der Waals surface area contributed by atoms with E-state index < -0.39 is 0 Å². The summed E-state index contributed by atoms with van der Waals surface area (Å²) in [6, 6.07) is 4.08. The number of aromatic nitrogens is 1. The van der Waals surface area contributed by atoms with Gasteiger partial charge in [0.1, 0.15) is 23.9 Å². The van der Waals surface area contributed by atoms with Gasteiger partial charge in [-0.15, -0.1) is 0 Å². The fourth-order valence-electron chi connectivity index (χ4n) is 1.23. The number of epoxide rings is 1. The second kappa shape index (κ2) is 4.49. The summed E-state index contributed by atoms with van der Waals surface area (Å²) >= 11 is 0. The Morgan fingerprint density at radius 3 is 3.13 bits per heavy atom. The van der Waals surface area contributed by atoms with Crippen molar-refractivity contribution in [3.05, 3.63) is 23.8 Å². The van der Waals surface area contributed by atoms with Crippen LogP contribution in [0.25, 0.3) is 0 Å². The molecule has 4 heteroatoms. The van der Waals surface area contributed by atoms with Crippen LogP contribution < -0.4 is 10.2 Å². The quantitative estimate of drug-likeness (QED) is 0.753. The molecule has 0 aliphatic carbocycles. The van der Waals surface area contributed by atoms with Crippen LogP contribution in [0, 0.1) is 0 Å². The zero-order valence-corrected chi connectivity index (χ0v) is 9.06. The number of hydrogen-bond donors (Lipinski definition) is 1. The molecule has 15 heavy (non-hydrogen) atoms. The van der Waals surface area contributed by atoms with Crippen molar-refractivity contribution in [1.82, 2.24) is 4.98 Å². The molecular weight excluding hydrogens is 192 g/mol. The monoisotopic (exact) mass is 208 g/mol. The first-order valence-corrected chi connectivity index (χ1v) is 5.21. The lowest BCUT2D eigenvalue weighted by Crippen LogP contribution is -2.12. The van der Waals surface area contributed by atoms with Crippen molar-refractivity contribution in [1.29, 1.82) is 0 Å². The Labute approximate surface area is 89.0 Å². The third-order valence-corrected chi connectivity index (χ3v) is 1.99. The van der Waals surface area contributed by atoms with Crippen LogP contribution in [0.3, 0.4) is 0 Å². The second-order valence-electron chi connectivity index (χ2n) is 3.90. The number of nitrogens with one attached hydrogen (secondary N) is 1. The van der Waals surface area contributed by atoms with E-state index in [4.69, 9.17) is 9.47 Å². The molecule has 1 aromatic heterocycles. The van der Waals surface area contributed by atoms with Gasteiger partial charge in [-0.3, -0.25) is 4.99 Å². The zero-order chi connectivity index (χ0) is 10.7. The van der Waals surface area contributed by atoms with E-state index >= 15 is 0 Å². The number of nitrogens with zero attached hydrogens (tertiary/aromatic N) is 1. The Kier molecular flexibility index (Phi) is 3.06. The SMILES string of the molecule is CC(C)/N=c1/cc(OCC2CO2)cc[nH]1. The third kappa shape index (κ3) is 3.40. The summed E-state index contributed by atoms with van der Waals surface area (Å²) in [5.74, 6) is 0.837. The molecule has 0 saturated carbocycles. The van der Waals surface area contributed by atoms with Crippen LogP contribution in [-0.2, 0) is 4.74 Å². The first-order chi connectivity index (χ1) is 7.24. The van der Waals surface area contributed by atoms with E-state index in [0.29, 0.717) is 12.7 Å². The molecule has 1 aromatic rings. The molecular formula is C11H16N2O2. The third-order valence-electron chi connectivity index (χ3n) is 1.99. The van der Waals surface area contributed by atoms with Gasteiger partial charge in [0.25, 0.3) is 0 Å². The second-order valence-corrected chi connectivity index (χ2v) is 3.90. The molecule has 0 aromatic carbocycles. The number of aromatic amines is 1. The highest BCUT2D eigenvalue weighted by molar-refractivity contribution is 5.16. The lowest BCUT2D eigenvalue weighted by molar-refractivity contribution is 0.262. The highest BCUT2D eigenvalue weighted by Crippen LogP contribution is 2.12. The van der Waals surface area contributed by atoms with Gasteiger partial charge in [-0.05, 0) is 19.9 Å². The minimum Gasteiger partial charge on any atom is -0.491 e. The van der Waals surface area contributed by atoms with Crippen molar-refractivity contribution in [2.24, 2.45) is 4.99 Å². The van der Waals surface area contributed by atoms with Crippen LogP contribution >= 0.6 is 0 Å². The van der Waals surface area contributed by atoms with Crippen molar-refractivity contribution >= 4 is 0 Å². The Morgan fingerprint density at radius 2 is 2.47 bits per heavy atom. The van der Waals surface area contributed by atoms with E-state index in [9.17, 15) is 0 Å². The minimum atomic E-state index is 0.281. The standard InChI is InChI=1S/C11H16N2O2/c1-8(2)13-11-5-9(3-4-12-11)14-6-10-7-15-10/h3-5,8,10H,6-7H2,1-2H3,(H,12,13). The van der Waals surface area contributed by atoms with Crippen molar-refractivity contribution in [3.63, 3.8) is 0 Å². The van der Waals surface area contributed by atoms with Gasteiger partial charge in [-0.25, -0.2) is 0 Å². The molecule has 0 spiro atoms. The average molecular weight is 208 g/mol. The fourth-order valence-corrected chi connectivity index (χ4v) is 1.23. The summed E-state index contributed by atoms with van der Waals surface area (Å²) < 4.78 is 10.6. The van der Waals surface area contributed by atoms with E-state index in [0.717, 1.165) is 17.8 Å². The first-order valence-electron chi connectivity index (χ1n) is 5.21. The van der Waals surface area contributed by atoms with Crippen LogP contribution in [-0.4, -0.2) is 30.3 Å². The molecule has 1 aliphatic heterocycles. The Hall–Kier alpha value is -1.29. The average Bonchev–Trinajstić information content (AvgIpc) is 2.97. The smallest absolute Gasteiger partial charge is 0.128 e. The van der Waals surface area contributed by atoms with E-state index in [1.807, 2.05) is 32.2 Å². The van der Waals surface area contributed by atoms with E-state index in [2.05, 4.69) is 9.98 Å². The summed E-state index contributed by atoms with van der Waals surface area (Å²) in [6.45, 7) is 5.53. The van der Waals surface area contributed by atoms with Crippen LogP contribution in [0.15, 0.2) is 23.3 Å². The van der Waals surface area contributed by atoms with Crippen molar-refractivity contribution in [3.8, 4) is 5.75 Å². The predicted octanol–water partition coefficient (Wildman–Crippen LogP) is 1.10. The lowest BCUT2D eigenvalue weighted by atomic mass is 10.4. The first kappa shape index (κ1) is 10.2. The molecule has 1 atom stereocenters. The number of H-pyrrole nitrogens is 1. The summed E-state index contributed by atoms with van der Waals surface area (Å²) in [7, 11) is 0. The van der Waals surface area contributed by atoms with Crippen molar-refractivity contribution in [2.45, 2.75) is 26.0 Å². The van der Waals surface area contributed by atoms with Crippen molar-refractivity contribution in [2.75, 3.05) is 13.2 Å². The summed E-state index contributed by atoms with van der Waals surface area (Å²) in [4.78, 5) is 7.46. The molecule has 2 heterocycles. The molecule has 0 radical (unpaired) electrons. The Bertz CT molecular complexity index is 380. The van der Waals surface area contributed by atoms with Gasteiger partial charge >= 0.3 is 0 Å². The van der Waals surface area contributed by atoms with Gasteiger partial charge in [0, 0.05) is 18.3 Å². The number of ether oxygens (including phenoxy) is 2. The zero-order valence-electron chi connectivity index (χ0n) is 9.06. The maximum absolute atomic E-state index is 5.55. The molecule has 4 nitrogen and oxygen atoms in total. The highest BCUT2D eigenvalue weighted by atomic mass is 16.6. The number of rotatable bonds is 4. The van der Waals surface area contributed by atoms with Crippen LogP contribution in [0.5, 0.6) is 5.75 Å². The number of hydrogen-bond acceptors (Lipinski definition) is 3. The molecule has 0 bridgehead atoms. The van der Waals surface area contributed by atoms with Gasteiger partial charge in [0.15, 0.2) is 0 Å². The van der Waals surface area contributed by atoms with Crippen molar-refractivity contribution < 1.29 is 9.47 Å². The maximum Gasteiger partial charge on any atom is 0.128 e. The normalized spacial score (nSPS) is 20.7. The van der Waals surface area contributed by atoms with Gasteiger partial charge in [0.05, 0.1) is 6.61 Å². The highest BCUT2D eigenvalue weighted by Gasteiger charge is 2.22. The molecule has 2 rings (SSSR count). The molecule has 1 saturated heterocycles. The molecule has 0 amide bonds. The minimum absolute atomic E-state index is 0.281. The van der Waals surface area contributed by atoms with Crippen LogP contribution in [0.4, 0.5) is 0 Å². The predicted molar refractivity (Wildman–Crippen MR) is 56.7 cm³/mol. The van der Waals surface area contributed by atoms with E-state index in [-0.39, 0.29) is 6.04 Å². The fraction of sp³-hybridized carbons (Fsp3) is 0.545. The largest absolute Gasteiger partial charge is 0.491 e. The molecule has 82 valence electrons. The van der Waals surface area contributed by atoms with Crippen LogP contribution in [0.1, 0.15) is 13.8 Å². The maximum atomic E-state index is 5.55. The van der Waals surface area contributed by atoms with Gasteiger partial charge in [0.2, 0.25) is 0 Å². The number of pyridine rings is 1. The van der Waals surface area contributed by atoms with E-state index in [1.54, 1.807) is 0 Å². The Morgan fingerprint density at radius 1 is 1.67 bits per heavy atom. The summed E-state index contributed by atoms with van der Waals surface area (Å²) in [5.41, 5.74) is 0.846. The van der Waals surface area contributed by atoms with E-state index in [1.165, 1.54) is 0 Å². The molecule has 1 aliphatic rings. The molecule has 1 fully saturated rings.